The Balaban J connectivity index is 1.84. The van der Waals surface area contributed by atoms with Gasteiger partial charge in [0, 0.05) is 16.6 Å². The zero-order valence-corrected chi connectivity index (χ0v) is 15.5. The maximum absolute atomic E-state index is 11.8. The molecule has 0 aliphatic carbocycles. The first-order chi connectivity index (χ1) is 12.1. The summed E-state index contributed by atoms with van der Waals surface area (Å²) in [6, 6.07) is 8.37. The molecule has 1 aromatic carbocycles. The zero-order valence-electron chi connectivity index (χ0n) is 14.7. The van der Waals surface area contributed by atoms with Gasteiger partial charge in [-0.25, -0.2) is 9.78 Å². The highest BCUT2D eigenvalue weighted by molar-refractivity contribution is 7.15. The highest BCUT2D eigenvalue weighted by Crippen LogP contribution is 2.29. The molecule has 2 aromatic heterocycles. The smallest absolute Gasteiger partial charge is 0.341 e. The Kier molecular flexibility index (Phi) is 5.28. The van der Waals surface area contributed by atoms with Crippen molar-refractivity contribution in [2.24, 2.45) is 0 Å². The van der Waals surface area contributed by atoms with Gasteiger partial charge in [0.25, 0.3) is 0 Å². The van der Waals surface area contributed by atoms with Gasteiger partial charge < -0.3 is 4.74 Å². The van der Waals surface area contributed by atoms with Crippen LogP contribution in [0.3, 0.4) is 0 Å². The lowest BCUT2D eigenvalue weighted by atomic mass is 10.1. The first kappa shape index (κ1) is 17.4. The van der Waals surface area contributed by atoms with Crippen LogP contribution in [-0.4, -0.2) is 27.3 Å². The molecule has 2 heterocycles. The molecule has 0 N–H and O–H groups in total. The molecule has 25 heavy (non-hydrogen) atoms. The van der Waals surface area contributed by atoms with Crippen LogP contribution in [0.5, 0.6) is 0 Å². The predicted octanol–water partition coefficient (Wildman–Crippen LogP) is 4.10. The van der Waals surface area contributed by atoms with Crippen LogP contribution in [0.1, 0.15) is 40.3 Å². The molecule has 0 radical (unpaired) electrons. The van der Waals surface area contributed by atoms with E-state index in [4.69, 9.17) is 9.72 Å². The molecule has 130 valence electrons. The van der Waals surface area contributed by atoms with Crippen LogP contribution in [0.2, 0.25) is 0 Å². The van der Waals surface area contributed by atoms with E-state index in [9.17, 15) is 4.79 Å². The highest BCUT2D eigenvalue weighted by atomic mass is 32.1. The van der Waals surface area contributed by atoms with Crippen molar-refractivity contribution in [3.05, 3.63) is 58.4 Å². The molecule has 0 spiro atoms. The molecule has 3 rings (SSSR count). The van der Waals surface area contributed by atoms with E-state index < -0.39 is 0 Å². The Labute approximate surface area is 151 Å². The fourth-order valence-electron chi connectivity index (χ4n) is 2.61. The normalized spacial score (nSPS) is 10.8. The van der Waals surface area contributed by atoms with Crippen LogP contribution in [0.25, 0.3) is 10.6 Å². The van der Waals surface area contributed by atoms with Crippen molar-refractivity contribution >= 4 is 17.3 Å². The topological polar surface area (TPSA) is 57.0 Å². The Morgan fingerprint density at radius 1 is 1.32 bits per heavy atom. The van der Waals surface area contributed by atoms with Gasteiger partial charge in [0.2, 0.25) is 0 Å². The second-order valence-corrected chi connectivity index (χ2v) is 6.84. The van der Waals surface area contributed by atoms with Crippen molar-refractivity contribution in [3.8, 4) is 10.6 Å². The third-order valence-corrected chi connectivity index (χ3v) is 5.11. The quantitative estimate of drug-likeness (QED) is 0.625. The van der Waals surface area contributed by atoms with Crippen molar-refractivity contribution in [1.82, 2.24) is 14.8 Å². The third-order valence-electron chi connectivity index (χ3n) is 3.82. The summed E-state index contributed by atoms with van der Waals surface area (Å²) in [6.45, 7) is 6.91. The summed E-state index contributed by atoms with van der Waals surface area (Å²) in [5.74, 6) is -0.344. The maximum Gasteiger partial charge on any atom is 0.341 e. The van der Waals surface area contributed by atoms with E-state index in [1.165, 1.54) is 16.6 Å². The number of ether oxygens (including phenoxy) is 1. The standard InChI is InChI=1S/C19H21N3O2S/c1-4-17-16(12-22-11-15(10-20-22)19(23)24-5-2)21-18(25-17)14-8-6-7-13(3)9-14/h6-11H,4-5,12H2,1-3H3. The van der Waals surface area contributed by atoms with Crippen LogP contribution < -0.4 is 0 Å². The minimum atomic E-state index is -0.344. The number of carbonyl (C=O) groups excluding carboxylic acids is 1. The molecule has 0 atom stereocenters. The Morgan fingerprint density at radius 3 is 2.88 bits per heavy atom. The summed E-state index contributed by atoms with van der Waals surface area (Å²) in [5, 5.41) is 5.29. The lowest BCUT2D eigenvalue weighted by Gasteiger charge is -2.01. The second-order valence-electron chi connectivity index (χ2n) is 5.76. The SMILES string of the molecule is CCOC(=O)c1cnn(Cc2nc(-c3cccc(C)c3)sc2CC)c1. The Bertz CT molecular complexity index is 882. The van der Waals surface area contributed by atoms with Crippen LogP contribution in [-0.2, 0) is 17.7 Å². The molecule has 0 saturated carbocycles. The molecular formula is C19H21N3O2S. The second kappa shape index (κ2) is 7.61. The molecule has 0 aliphatic heterocycles. The van der Waals surface area contributed by atoms with Crippen LogP contribution in [0, 0.1) is 6.92 Å². The molecule has 5 nitrogen and oxygen atoms in total. The zero-order chi connectivity index (χ0) is 17.8. The average Bonchev–Trinajstić information content (AvgIpc) is 3.22. The van der Waals surface area contributed by atoms with E-state index in [0.29, 0.717) is 18.7 Å². The van der Waals surface area contributed by atoms with Gasteiger partial charge in [-0.3, -0.25) is 4.68 Å². The largest absolute Gasteiger partial charge is 0.462 e. The summed E-state index contributed by atoms with van der Waals surface area (Å²) in [5.41, 5.74) is 3.83. The number of benzene rings is 1. The van der Waals surface area contributed by atoms with Crippen molar-refractivity contribution < 1.29 is 9.53 Å². The van der Waals surface area contributed by atoms with E-state index in [1.807, 2.05) is 0 Å². The number of thiazole rings is 1. The van der Waals surface area contributed by atoms with Gasteiger partial charge >= 0.3 is 5.97 Å². The average molecular weight is 355 g/mol. The molecular weight excluding hydrogens is 334 g/mol. The number of carbonyl (C=O) groups is 1. The molecule has 0 amide bonds. The van der Waals surface area contributed by atoms with Crippen molar-refractivity contribution in [2.45, 2.75) is 33.7 Å². The maximum atomic E-state index is 11.8. The lowest BCUT2D eigenvalue weighted by Crippen LogP contribution is -2.05. The lowest BCUT2D eigenvalue weighted by molar-refractivity contribution is 0.0526. The number of aryl methyl sites for hydroxylation is 2. The van der Waals surface area contributed by atoms with E-state index in [1.54, 1.807) is 29.1 Å². The van der Waals surface area contributed by atoms with Gasteiger partial charge in [0.1, 0.15) is 5.01 Å². The summed E-state index contributed by atoms with van der Waals surface area (Å²) in [7, 11) is 0. The Morgan fingerprint density at radius 2 is 2.16 bits per heavy atom. The molecule has 6 heteroatoms. The fourth-order valence-corrected chi connectivity index (χ4v) is 3.61. The summed E-state index contributed by atoms with van der Waals surface area (Å²) in [6.07, 6.45) is 4.17. The third kappa shape index (κ3) is 3.96. The van der Waals surface area contributed by atoms with Crippen LogP contribution >= 0.6 is 11.3 Å². The van der Waals surface area contributed by atoms with E-state index in [2.05, 4.69) is 43.2 Å². The molecule has 0 saturated heterocycles. The fraction of sp³-hybridized carbons (Fsp3) is 0.316. The molecule has 0 aliphatic rings. The monoisotopic (exact) mass is 355 g/mol. The number of esters is 1. The molecule has 3 aromatic rings. The van der Waals surface area contributed by atoms with Gasteiger partial charge in [-0.05, 0) is 26.3 Å². The van der Waals surface area contributed by atoms with Gasteiger partial charge in [-0.1, -0.05) is 30.7 Å². The first-order valence-electron chi connectivity index (χ1n) is 8.36. The van der Waals surface area contributed by atoms with E-state index >= 15 is 0 Å². The van der Waals surface area contributed by atoms with Gasteiger partial charge in [0.15, 0.2) is 0 Å². The highest BCUT2D eigenvalue weighted by Gasteiger charge is 2.14. The number of hydrogen-bond donors (Lipinski definition) is 0. The van der Waals surface area contributed by atoms with Crippen LogP contribution in [0.4, 0.5) is 0 Å². The molecule has 0 fully saturated rings. The number of aromatic nitrogens is 3. The number of nitrogens with zero attached hydrogens (tertiary/aromatic N) is 3. The van der Waals surface area contributed by atoms with Crippen molar-refractivity contribution in [3.63, 3.8) is 0 Å². The summed E-state index contributed by atoms with van der Waals surface area (Å²) >= 11 is 1.72. The summed E-state index contributed by atoms with van der Waals surface area (Å²) < 4.78 is 6.74. The predicted molar refractivity (Wildman–Crippen MR) is 99.0 cm³/mol. The Hall–Kier alpha value is -2.47. The molecule has 0 unspecified atom stereocenters. The van der Waals surface area contributed by atoms with Gasteiger partial charge in [-0.15, -0.1) is 11.3 Å². The van der Waals surface area contributed by atoms with Crippen molar-refractivity contribution in [1.29, 1.82) is 0 Å². The number of rotatable bonds is 6. The van der Waals surface area contributed by atoms with E-state index in [0.717, 1.165) is 22.7 Å². The number of hydrogen-bond acceptors (Lipinski definition) is 5. The van der Waals surface area contributed by atoms with E-state index in [-0.39, 0.29) is 5.97 Å². The minimum absolute atomic E-state index is 0.344. The van der Waals surface area contributed by atoms with Gasteiger partial charge in [0.05, 0.1) is 30.6 Å². The van der Waals surface area contributed by atoms with Gasteiger partial charge in [-0.2, -0.15) is 5.10 Å². The molecule has 0 bridgehead atoms. The summed E-state index contributed by atoms with van der Waals surface area (Å²) in [4.78, 5) is 17.8. The minimum Gasteiger partial charge on any atom is -0.462 e. The van der Waals surface area contributed by atoms with Crippen LogP contribution in [0.15, 0.2) is 36.7 Å². The van der Waals surface area contributed by atoms with Crippen molar-refractivity contribution in [2.75, 3.05) is 6.61 Å². The first-order valence-corrected chi connectivity index (χ1v) is 9.17.